The summed E-state index contributed by atoms with van der Waals surface area (Å²) < 4.78 is 10.9. The number of phenols is 1. The molecule has 0 unspecified atom stereocenters. The number of allylic oxidation sites excluding steroid dienone is 1. The summed E-state index contributed by atoms with van der Waals surface area (Å²) in [4.78, 5) is 12.1. The van der Waals surface area contributed by atoms with Crippen molar-refractivity contribution in [1.82, 2.24) is 0 Å². The van der Waals surface area contributed by atoms with Crippen LogP contribution in [0.1, 0.15) is 28.8 Å². The van der Waals surface area contributed by atoms with E-state index in [-0.39, 0.29) is 11.5 Å². The molecule has 0 fully saturated rings. The van der Waals surface area contributed by atoms with Crippen LogP contribution in [0.15, 0.2) is 48.5 Å². The van der Waals surface area contributed by atoms with Gasteiger partial charge in [0.25, 0.3) is 0 Å². The number of aromatic hydroxyl groups is 1. The molecule has 5 nitrogen and oxygen atoms in total. The molecule has 0 atom stereocenters. The number of carbonyl (C=O) groups is 1. The van der Waals surface area contributed by atoms with Crippen molar-refractivity contribution in [2.24, 2.45) is 0 Å². The van der Waals surface area contributed by atoms with Gasteiger partial charge in [0.05, 0.1) is 19.8 Å². The van der Waals surface area contributed by atoms with E-state index in [2.05, 4.69) is 6.07 Å². The van der Waals surface area contributed by atoms with E-state index in [9.17, 15) is 9.90 Å². The van der Waals surface area contributed by atoms with Crippen LogP contribution in [-0.4, -0.2) is 24.6 Å². The van der Waals surface area contributed by atoms with Gasteiger partial charge in [-0.25, -0.2) is 0 Å². The van der Waals surface area contributed by atoms with E-state index in [1.54, 1.807) is 37.5 Å². The monoisotopic (exact) mass is 337 g/mol. The number of carbonyl (C=O) groups excluding carboxylic acids is 1. The van der Waals surface area contributed by atoms with Gasteiger partial charge in [-0.2, -0.15) is 5.26 Å². The Labute approximate surface area is 146 Å². The number of nitrogens with zero attached hydrogens (tertiary/aromatic N) is 1. The lowest BCUT2D eigenvalue weighted by Gasteiger charge is -2.10. The number of nitriles is 1. The molecular formula is C20H19NO4. The second-order valence-corrected chi connectivity index (χ2v) is 5.27. The fourth-order valence-corrected chi connectivity index (χ4v) is 2.17. The molecule has 0 saturated carbocycles. The summed E-state index contributed by atoms with van der Waals surface area (Å²) in [6, 6.07) is 13.6. The minimum absolute atomic E-state index is 0.0525. The Bertz CT molecular complexity index is 806. The maximum atomic E-state index is 12.1. The standard InChI is InChI=1S/C20H19NO4/c1-24-19-10-8-15(13-20(19)25-12-3-2-11-21)7-9-18(23)16-5-4-6-17(22)14-16/h4-10,13-14,22H,2-3,12H2,1H3/b9-7+. The quantitative estimate of drug-likeness (QED) is 0.448. The van der Waals surface area contributed by atoms with E-state index >= 15 is 0 Å². The SMILES string of the molecule is COc1ccc(/C=C/C(=O)c2cccc(O)c2)cc1OCCCC#N. The normalized spacial score (nSPS) is 10.4. The Kier molecular flexibility index (Phi) is 6.61. The number of phenolic OH excluding ortho intramolecular Hbond substituents is 1. The zero-order valence-electron chi connectivity index (χ0n) is 13.9. The first-order valence-corrected chi connectivity index (χ1v) is 7.83. The van der Waals surface area contributed by atoms with Crippen LogP contribution >= 0.6 is 0 Å². The number of rotatable bonds is 8. The fraction of sp³-hybridized carbons (Fsp3) is 0.200. The first-order valence-electron chi connectivity index (χ1n) is 7.83. The van der Waals surface area contributed by atoms with Crippen LogP contribution in [-0.2, 0) is 0 Å². The molecule has 0 amide bonds. The van der Waals surface area contributed by atoms with Crippen LogP contribution < -0.4 is 9.47 Å². The average molecular weight is 337 g/mol. The Morgan fingerprint density at radius 2 is 2.08 bits per heavy atom. The lowest BCUT2D eigenvalue weighted by atomic mass is 10.1. The van der Waals surface area contributed by atoms with Crippen molar-refractivity contribution in [3.05, 3.63) is 59.7 Å². The Balaban J connectivity index is 2.10. The third kappa shape index (κ3) is 5.40. The zero-order valence-corrected chi connectivity index (χ0v) is 13.9. The third-order valence-corrected chi connectivity index (χ3v) is 3.44. The molecule has 2 aromatic rings. The fourth-order valence-electron chi connectivity index (χ4n) is 2.17. The number of ether oxygens (including phenoxy) is 2. The maximum Gasteiger partial charge on any atom is 0.185 e. The van der Waals surface area contributed by atoms with Gasteiger partial charge in [0.15, 0.2) is 17.3 Å². The zero-order chi connectivity index (χ0) is 18.1. The van der Waals surface area contributed by atoms with E-state index in [0.717, 1.165) is 5.56 Å². The second-order valence-electron chi connectivity index (χ2n) is 5.27. The number of unbranched alkanes of at least 4 members (excludes halogenated alkanes) is 1. The molecule has 0 heterocycles. The van der Waals surface area contributed by atoms with Crippen LogP contribution in [0, 0.1) is 11.3 Å². The number of benzene rings is 2. The van der Waals surface area contributed by atoms with E-state index in [1.165, 1.54) is 18.2 Å². The summed E-state index contributed by atoms with van der Waals surface area (Å²) in [5, 5.41) is 18.0. The summed E-state index contributed by atoms with van der Waals surface area (Å²) in [5.41, 5.74) is 1.20. The van der Waals surface area contributed by atoms with E-state index < -0.39 is 0 Å². The van der Waals surface area contributed by atoms with Crippen molar-refractivity contribution in [3.8, 4) is 23.3 Å². The highest BCUT2D eigenvalue weighted by atomic mass is 16.5. The van der Waals surface area contributed by atoms with Gasteiger partial charge in [-0.1, -0.05) is 24.3 Å². The molecule has 5 heteroatoms. The van der Waals surface area contributed by atoms with Crippen molar-refractivity contribution in [2.75, 3.05) is 13.7 Å². The molecule has 0 aliphatic rings. The molecule has 0 radical (unpaired) electrons. The molecular weight excluding hydrogens is 318 g/mol. The smallest absolute Gasteiger partial charge is 0.185 e. The van der Waals surface area contributed by atoms with E-state index in [4.69, 9.17) is 14.7 Å². The largest absolute Gasteiger partial charge is 0.508 e. The minimum atomic E-state index is -0.205. The molecule has 2 aromatic carbocycles. The predicted molar refractivity (Wildman–Crippen MR) is 94.8 cm³/mol. The number of ketones is 1. The van der Waals surface area contributed by atoms with Gasteiger partial charge in [-0.3, -0.25) is 4.79 Å². The molecule has 2 rings (SSSR count). The summed E-state index contributed by atoms with van der Waals surface area (Å²) in [6.07, 6.45) is 4.18. The first kappa shape index (κ1) is 18.1. The van der Waals surface area contributed by atoms with Crippen LogP contribution in [0.4, 0.5) is 0 Å². The topological polar surface area (TPSA) is 79.6 Å². The summed E-state index contributed by atoms with van der Waals surface area (Å²) in [5.74, 6) is 1.00. The molecule has 128 valence electrons. The van der Waals surface area contributed by atoms with Crippen molar-refractivity contribution in [3.63, 3.8) is 0 Å². The molecule has 0 saturated heterocycles. The van der Waals surface area contributed by atoms with Crippen LogP contribution in [0.3, 0.4) is 0 Å². The number of methoxy groups -OCH3 is 1. The third-order valence-electron chi connectivity index (χ3n) is 3.44. The van der Waals surface area contributed by atoms with Gasteiger partial charge in [0.1, 0.15) is 5.75 Å². The van der Waals surface area contributed by atoms with Gasteiger partial charge in [0.2, 0.25) is 0 Å². The highest BCUT2D eigenvalue weighted by Crippen LogP contribution is 2.29. The molecule has 1 N–H and O–H groups in total. The second kappa shape index (κ2) is 9.14. The Morgan fingerprint density at radius 1 is 1.24 bits per heavy atom. The number of hydrogen-bond donors (Lipinski definition) is 1. The summed E-state index contributed by atoms with van der Waals surface area (Å²) in [7, 11) is 1.55. The average Bonchev–Trinajstić information content (AvgIpc) is 2.63. The lowest BCUT2D eigenvalue weighted by Crippen LogP contribution is -1.99. The first-order chi connectivity index (χ1) is 12.1. The van der Waals surface area contributed by atoms with Crippen molar-refractivity contribution in [1.29, 1.82) is 5.26 Å². The Hall–Kier alpha value is -3.26. The van der Waals surface area contributed by atoms with Crippen molar-refractivity contribution < 1.29 is 19.4 Å². The van der Waals surface area contributed by atoms with Crippen LogP contribution in [0.25, 0.3) is 6.08 Å². The maximum absolute atomic E-state index is 12.1. The Morgan fingerprint density at radius 3 is 2.80 bits per heavy atom. The molecule has 25 heavy (non-hydrogen) atoms. The molecule has 0 bridgehead atoms. The summed E-state index contributed by atoms with van der Waals surface area (Å²) >= 11 is 0. The van der Waals surface area contributed by atoms with Crippen LogP contribution in [0.2, 0.25) is 0 Å². The number of hydrogen-bond acceptors (Lipinski definition) is 5. The molecule has 0 aromatic heterocycles. The van der Waals surface area contributed by atoms with Gasteiger partial charge in [-0.05, 0) is 42.3 Å². The molecule has 0 spiro atoms. The van der Waals surface area contributed by atoms with Gasteiger partial charge >= 0.3 is 0 Å². The van der Waals surface area contributed by atoms with Crippen molar-refractivity contribution in [2.45, 2.75) is 12.8 Å². The summed E-state index contributed by atoms with van der Waals surface area (Å²) in [6.45, 7) is 0.416. The van der Waals surface area contributed by atoms with Gasteiger partial charge in [-0.15, -0.1) is 0 Å². The predicted octanol–water partition coefficient (Wildman–Crippen LogP) is 3.98. The lowest BCUT2D eigenvalue weighted by molar-refractivity contribution is 0.104. The highest BCUT2D eigenvalue weighted by Gasteiger charge is 2.06. The van der Waals surface area contributed by atoms with Crippen molar-refractivity contribution >= 4 is 11.9 Å². The van der Waals surface area contributed by atoms with Gasteiger partial charge < -0.3 is 14.6 Å². The minimum Gasteiger partial charge on any atom is -0.508 e. The van der Waals surface area contributed by atoms with Gasteiger partial charge in [0, 0.05) is 12.0 Å². The van der Waals surface area contributed by atoms with E-state index in [0.29, 0.717) is 36.5 Å². The highest BCUT2D eigenvalue weighted by molar-refractivity contribution is 6.07. The molecule has 0 aliphatic heterocycles. The van der Waals surface area contributed by atoms with Crippen LogP contribution in [0.5, 0.6) is 17.2 Å². The van der Waals surface area contributed by atoms with E-state index in [1.807, 2.05) is 6.07 Å². The molecule has 0 aliphatic carbocycles.